The molecule has 12 atom stereocenters. The summed E-state index contributed by atoms with van der Waals surface area (Å²) in [4.78, 5) is 13.3. The van der Waals surface area contributed by atoms with Gasteiger partial charge in [-0.05, 0) is 12.8 Å². The van der Waals surface area contributed by atoms with Gasteiger partial charge in [0.15, 0.2) is 12.6 Å². The molecule has 9 N–H and O–H groups in total. The Kier molecular flexibility index (Phi) is 46.4. The molecular formula is C63H123NO13. The molecule has 2 fully saturated rings. The number of hydrogen-bond acceptors (Lipinski definition) is 13. The van der Waals surface area contributed by atoms with Crippen molar-refractivity contribution >= 4 is 5.91 Å². The van der Waals surface area contributed by atoms with Crippen molar-refractivity contribution in [3.05, 3.63) is 0 Å². The monoisotopic (exact) mass is 1100 g/mol. The maximum atomic E-state index is 13.3. The Morgan fingerprint density at radius 1 is 0.416 bits per heavy atom. The van der Waals surface area contributed by atoms with E-state index < -0.39 is 86.8 Å². The summed E-state index contributed by atoms with van der Waals surface area (Å²) in [7, 11) is 0. The molecule has 2 heterocycles. The first kappa shape index (κ1) is 72.1. The van der Waals surface area contributed by atoms with E-state index in [9.17, 15) is 45.6 Å². The molecule has 2 saturated heterocycles. The van der Waals surface area contributed by atoms with Crippen molar-refractivity contribution in [2.45, 2.75) is 376 Å². The number of aliphatic hydroxyl groups is 8. The second kappa shape index (κ2) is 49.6. The largest absolute Gasteiger partial charge is 0.394 e. The van der Waals surface area contributed by atoms with Gasteiger partial charge in [0.2, 0.25) is 5.91 Å². The van der Waals surface area contributed by atoms with Crippen LogP contribution in [0.3, 0.4) is 0 Å². The van der Waals surface area contributed by atoms with E-state index >= 15 is 0 Å². The van der Waals surface area contributed by atoms with Crippen molar-refractivity contribution in [2.24, 2.45) is 0 Å². The highest BCUT2D eigenvalue weighted by atomic mass is 16.7. The second-order valence-electron chi connectivity index (χ2n) is 23.6. The molecule has 0 aromatic rings. The fourth-order valence-electron chi connectivity index (χ4n) is 11.3. The Balaban J connectivity index is 1.70. The minimum Gasteiger partial charge on any atom is -0.394 e. The molecule has 2 aliphatic rings. The minimum absolute atomic E-state index is 0.198. The molecule has 2 aliphatic heterocycles. The average molecular weight is 1100 g/mol. The average Bonchev–Trinajstić information content (AvgIpc) is 3.44. The van der Waals surface area contributed by atoms with Gasteiger partial charge in [-0.15, -0.1) is 0 Å². The minimum atomic E-state index is -1.78. The van der Waals surface area contributed by atoms with Crippen molar-refractivity contribution in [3.8, 4) is 0 Å². The normalized spacial score (nSPS) is 24.6. The molecular weight excluding hydrogens is 979 g/mol. The van der Waals surface area contributed by atoms with E-state index in [1.807, 2.05) is 0 Å². The van der Waals surface area contributed by atoms with Crippen LogP contribution in [0.4, 0.5) is 0 Å². The molecule has 0 aromatic heterocycles. The predicted molar refractivity (Wildman–Crippen MR) is 309 cm³/mol. The number of carbonyl (C=O) groups excluding carboxylic acids is 1. The van der Waals surface area contributed by atoms with Gasteiger partial charge in [0.05, 0.1) is 32.0 Å². The van der Waals surface area contributed by atoms with Crippen LogP contribution in [0.5, 0.6) is 0 Å². The predicted octanol–water partition coefficient (Wildman–Crippen LogP) is 12.1. The lowest BCUT2D eigenvalue weighted by Gasteiger charge is -2.46. The number of ether oxygens (including phenoxy) is 4. The Bertz CT molecular complexity index is 1300. The SMILES string of the molecule is CCCCCCCCCCCCCCCCCCCCCCCCCCC(=O)NC(COC1OC(CO)C(OC2OC(CO)C(O)C(O)C2O)C(O)C1O)C(O)CCCCCCCCCCCCCCCCCCCCC. The van der Waals surface area contributed by atoms with Crippen LogP contribution < -0.4 is 5.32 Å². The first-order chi connectivity index (χ1) is 37.6. The Morgan fingerprint density at radius 2 is 0.740 bits per heavy atom. The topological polar surface area (TPSA) is 228 Å². The second-order valence-corrected chi connectivity index (χ2v) is 23.6. The smallest absolute Gasteiger partial charge is 0.220 e. The molecule has 77 heavy (non-hydrogen) atoms. The summed E-state index contributed by atoms with van der Waals surface area (Å²) in [6.07, 6.45) is 39.6. The molecule has 0 radical (unpaired) electrons. The van der Waals surface area contributed by atoms with Crippen LogP contribution in [0.15, 0.2) is 0 Å². The Hall–Kier alpha value is -1.01. The van der Waals surface area contributed by atoms with Crippen molar-refractivity contribution in [3.63, 3.8) is 0 Å². The zero-order valence-corrected chi connectivity index (χ0v) is 49.5. The molecule has 2 rings (SSSR count). The number of amides is 1. The van der Waals surface area contributed by atoms with Crippen LogP contribution in [0.25, 0.3) is 0 Å². The lowest BCUT2D eigenvalue weighted by atomic mass is 9.97. The van der Waals surface area contributed by atoms with Crippen LogP contribution in [0, 0.1) is 0 Å². The van der Waals surface area contributed by atoms with E-state index in [1.54, 1.807) is 0 Å². The van der Waals surface area contributed by atoms with Crippen molar-refractivity contribution in [1.82, 2.24) is 5.32 Å². The molecule has 0 spiro atoms. The fourth-order valence-corrected chi connectivity index (χ4v) is 11.3. The number of carbonyl (C=O) groups is 1. The number of hydrogen-bond donors (Lipinski definition) is 9. The summed E-state index contributed by atoms with van der Waals surface area (Å²) in [5.74, 6) is -0.198. The van der Waals surface area contributed by atoms with Gasteiger partial charge in [0, 0.05) is 6.42 Å². The number of nitrogens with one attached hydrogen (secondary N) is 1. The summed E-state index contributed by atoms with van der Waals surface area (Å²) < 4.78 is 22.9. The maximum absolute atomic E-state index is 13.3. The highest BCUT2D eigenvalue weighted by Gasteiger charge is 2.51. The van der Waals surface area contributed by atoms with Gasteiger partial charge >= 0.3 is 0 Å². The van der Waals surface area contributed by atoms with Gasteiger partial charge in [-0.3, -0.25) is 4.79 Å². The summed E-state index contributed by atoms with van der Waals surface area (Å²) in [6.45, 7) is 2.92. The summed E-state index contributed by atoms with van der Waals surface area (Å²) in [6, 6.07) is -0.823. The van der Waals surface area contributed by atoms with E-state index in [1.165, 1.54) is 225 Å². The number of aliphatic hydroxyl groups excluding tert-OH is 8. The molecule has 0 aliphatic carbocycles. The highest BCUT2D eigenvalue weighted by molar-refractivity contribution is 5.76. The highest BCUT2D eigenvalue weighted by Crippen LogP contribution is 2.30. The van der Waals surface area contributed by atoms with E-state index in [4.69, 9.17) is 18.9 Å². The lowest BCUT2D eigenvalue weighted by molar-refractivity contribution is -0.359. The van der Waals surface area contributed by atoms with E-state index in [2.05, 4.69) is 19.2 Å². The molecule has 12 unspecified atom stereocenters. The Labute approximate surface area is 470 Å². The maximum Gasteiger partial charge on any atom is 0.220 e. The third-order valence-electron chi connectivity index (χ3n) is 16.6. The van der Waals surface area contributed by atoms with Crippen molar-refractivity contribution < 1.29 is 64.6 Å². The van der Waals surface area contributed by atoms with Gasteiger partial charge in [0.25, 0.3) is 0 Å². The van der Waals surface area contributed by atoms with Crippen LogP contribution in [-0.2, 0) is 23.7 Å². The van der Waals surface area contributed by atoms with Crippen LogP contribution >= 0.6 is 0 Å². The molecule has 14 heteroatoms. The van der Waals surface area contributed by atoms with Gasteiger partial charge in [-0.1, -0.05) is 284 Å². The summed E-state index contributed by atoms with van der Waals surface area (Å²) in [5, 5.41) is 87.4. The zero-order valence-electron chi connectivity index (χ0n) is 49.5. The molecule has 0 saturated carbocycles. The van der Waals surface area contributed by atoms with Gasteiger partial charge in [0.1, 0.15) is 48.8 Å². The van der Waals surface area contributed by atoms with E-state index in [0.717, 1.165) is 51.4 Å². The van der Waals surface area contributed by atoms with E-state index in [0.29, 0.717) is 12.8 Å². The number of unbranched alkanes of at least 4 members (excludes halogenated alkanes) is 41. The van der Waals surface area contributed by atoms with Crippen molar-refractivity contribution in [1.29, 1.82) is 0 Å². The summed E-state index contributed by atoms with van der Waals surface area (Å²) in [5.41, 5.74) is 0. The molecule has 0 aromatic carbocycles. The van der Waals surface area contributed by atoms with E-state index in [-0.39, 0.29) is 12.5 Å². The molecule has 458 valence electrons. The van der Waals surface area contributed by atoms with Crippen LogP contribution in [0.1, 0.15) is 303 Å². The quantitative estimate of drug-likeness (QED) is 0.0259. The van der Waals surface area contributed by atoms with Crippen molar-refractivity contribution in [2.75, 3.05) is 19.8 Å². The van der Waals surface area contributed by atoms with Crippen LogP contribution in [-0.4, -0.2) is 140 Å². The zero-order chi connectivity index (χ0) is 56.0. The van der Waals surface area contributed by atoms with Gasteiger partial charge in [-0.2, -0.15) is 0 Å². The standard InChI is InChI=1S/C63H123NO13/c1-3-5-7-9-11-13-15-17-19-21-23-24-25-26-27-29-31-33-35-37-39-41-43-45-47-55(68)64-51(52(67)46-44-42-40-38-36-34-32-30-28-22-20-18-16-14-12-10-8-6-4-2)50-74-62-60(73)58(71)61(54(49-66)76-62)77-63-59(72)57(70)56(69)53(48-65)75-63/h51-54,56-63,65-67,69-73H,3-50H2,1-2H3,(H,64,68). The molecule has 0 bridgehead atoms. The van der Waals surface area contributed by atoms with Crippen LogP contribution in [0.2, 0.25) is 0 Å². The molecule has 14 nitrogen and oxygen atoms in total. The first-order valence-electron chi connectivity index (χ1n) is 32.8. The summed E-state index contributed by atoms with van der Waals surface area (Å²) >= 11 is 0. The Morgan fingerprint density at radius 3 is 1.10 bits per heavy atom. The third kappa shape index (κ3) is 34.9. The molecule has 1 amide bonds. The number of rotatable bonds is 54. The fraction of sp³-hybridized carbons (Fsp3) is 0.984. The first-order valence-corrected chi connectivity index (χ1v) is 32.8. The third-order valence-corrected chi connectivity index (χ3v) is 16.6. The van der Waals surface area contributed by atoms with Gasteiger partial charge in [-0.25, -0.2) is 0 Å². The lowest BCUT2D eigenvalue weighted by Crippen LogP contribution is -2.65. The van der Waals surface area contributed by atoms with Gasteiger partial charge < -0.3 is 65.1 Å².